The summed E-state index contributed by atoms with van der Waals surface area (Å²) in [5.41, 5.74) is 0. The monoisotopic (exact) mass is 312 g/mol. The molecule has 0 saturated carbocycles. The molecule has 3 atom stereocenters. The molecule has 0 heterocycles. The molecule has 86 valence electrons. The molecular weight excluding hydrogens is 287 g/mol. The first-order chi connectivity index (χ1) is 6.43. The lowest BCUT2D eigenvalue weighted by Crippen LogP contribution is -2.10. The summed E-state index contributed by atoms with van der Waals surface area (Å²) < 4.78 is -0.173. The van der Waals surface area contributed by atoms with Gasteiger partial charge in [0.25, 0.3) is 0 Å². The van der Waals surface area contributed by atoms with Crippen LogP contribution in [0.3, 0.4) is 0 Å². The van der Waals surface area contributed by atoms with Gasteiger partial charge in [-0.05, 0) is 30.6 Å². The van der Waals surface area contributed by atoms with Crippen LogP contribution in [0, 0.1) is 17.8 Å². The number of hydrogen-bond acceptors (Lipinski definition) is 1. The van der Waals surface area contributed by atoms with Crippen LogP contribution in [0.1, 0.15) is 53.4 Å². The van der Waals surface area contributed by atoms with Gasteiger partial charge < -0.3 is 5.11 Å². The quantitative estimate of drug-likeness (QED) is 0.551. The Kier molecular flexibility index (Phi) is 8.30. The topological polar surface area (TPSA) is 20.2 Å². The summed E-state index contributed by atoms with van der Waals surface area (Å²) in [7, 11) is 0. The highest BCUT2D eigenvalue weighted by atomic mass is 127. The predicted octanol–water partition coefficient (Wildman–Crippen LogP) is 4.23. The molecule has 14 heavy (non-hydrogen) atoms. The van der Waals surface area contributed by atoms with E-state index in [0.29, 0.717) is 5.92 Å². The molecule has 1 N–H and O–H groups in total. The Bertz CT molecular complexity index is 134. The fourth-order valence-electron chi connectivity index (χ4n) is 1.85. The minimum absolute atomic E-state index is 0.173. The average Bonchev–Trinajstić information content (AvgIpc) is 2.02. The number of hydrogen-bond donors (Lipinski definition) is 1. The maximum absolute atomic E-state index is 9.32. The van der Waals surface area contributed by atoms with Crippen LogP contribution in [0.15, 0.2) is 0 Å². The second-order valence-corrected chi connectivity index (χ2v) is 6.29. The van der Waals surface area contributed by atoms with E-state index in [1.54, 1.807) is 0 Å². The van der Waals surface area contributed by atoms with E-state index in [1.807, 2.05) is 0 Å². The molecule has 2 heteroatoms. The van der Waals surface area contributed by atoms with Crippen molar-refractivity contribution in [3.05, 3.63) is 0 Å². The highest BCUT2D eigenvalue weighted by Crippen LogP contribution is 2.21. The lowest BCUT2D eigenvalue weighted by molar-refractivity contribution is 0.206. The summed E-state index contributed by atoms with van der Waals surface area (Å²) in [4.78, 5) is 0. The Hall–Kier alpha value is 0.690. The zero-order valence-electron chi connectivity index (χ0n) is 9.96. The van der Waals surface area contributed by atoms with Crippen molar-refractivity contribution in [1.82, 2.24) is 0 Å². The summed E-state index contributed by atoms with van der Waals surface area (Å²) in [6.45, 7) is 9.04. The molecule has 0 rings (SSSR count). The molecule has 0 aromatic rings. The number of aliphatic hydroxyl groups excluding tert-OH is 1. The van der Waals surface area contributed by atoms with E-state index < -0.39 is 0 Å². The summed E-state index contributed by atoms with van der Waals surface area (Å²) in [5, 5.41) is 9.32. The van der Waals surface area contributed by atoms with Crippen LogP contribution in [-0.4, -0.2) is 9.22 Å². The van der Waals surface area contributed by atoms with Crippen molar-refractivity contribution in [3.8, 4) is 0 Å². The van der Waals surface area contributed by atoms with Crippen LogP contribution in [0.2, 0.25) is 0 Å². The first kappa shape index (κ1) is 14.7. The van der Waals surface area contributed by atoms with Crippen molar-refractivity contribution in [2.75, 3.05) is 0 Å². The van der Waals surface area contributed by atoms with Gasteiger partial charge in [0.1, 0.15) is 4.11 Å². The molecule has 0 radical (unpaired) electrons. The summed E-state index contributed by atoms with van der Waals surface area (Å²) in [6.07, 6.45) is 5.06. The average molecular weight is 312 g/mol. The molecule has 0 aliphatic rings. The highest BCUT2D eigenvalue weighted by Gasteiger charge is 2.11. The minimum Gasteiger partial charge on any atom is -0.382 e. The molecule has 0 aliphatic heterocycles. The molecule has 3 unspecified atom stereocenters. The van der Waals surface area contributed by atoms with Crippen molar-refractivity contribution in [2.45, 2.75) is 57.5 Å². The van der Waals surface area contributed by atoms with Crippen LogP contribution in [-0.2, 0) is 0 Å². The Morgan fingerprint density at radius 1 is 1.07 bits per heavy atom. The van der Waals surface area contributed by atoms with Gasteiger partial charge >= 0.3 is 0 Å². The van der Waals surface area contributed by atoms with Crippen molar-refractivity contribution < 1.29 is 5.11 Å². The molecule has 0 fully saturated rings. The van der Waals surface area contributed by atoms with Crippen LogP contribution >= 0.6 is 22.6 Å². The van der Waals surface area contributed by atoms with E-state index in [-0.39, 0.29) is 4.11 Å². The fourth-order valence-corrected chi connectivity index (χ4v) is 2.21. The summed E-state index contributed by atoms with van der Waals surface area (Å²) in [6, 6.07) is 0. The standard InChI is InChI=1S/C12H25IO/c1-9(2)8-10(3)6-5-7-11(4)12(13)14/h9-12,14H,5-8H2,1-4H3. The largest absolute Gasteiger partial charge is 0.382 e. The SMILES string of the molecule is CC(C)CC(C)CCCC(C)C(O)I. The van der Waals surface area contributed by atoms with Crippen molar-refractivity contribution >= 4 is 22.6 Å². The lowest BCUT2D eigenvalue weighted by atomic mass is 9.92. The first-order valence-electron chi connectivity index (χ1n) is 5.75. The van der Waals surface area contributed by atoms with Crippen LogP contribution in [0.25, 0.3) is 0 Å². The normalized spacial score (nSPS) is 18.2. The second-order valence-electron chi connectivity index (χ2n) is 5.02. The van der Waals surface area contributed by atoms with Gasteiger partial charge in [0.2, 0.25) is 0 Å². The van der Waals surface area contributed by atoms with E-state index in [4.69, 9.17) is 0 Å². The Morgan fingerprint density at radius 2 is 1.64 bits per heavy atom. The van der Waals surface area contributed by atoms with Gasteiger partial charge in [-0.25, -0.2) is 0 Å². The number of halogens is 1. The van der Waals surface area contributed by atoms with E-state index in [0.717, 1.165) is 18.3 Å². The number of alkyl halides is 1. The zero-order valence-corrected chi connectivity index (χ0v) is 12.1. The van der Waals surface area contributed by atoms with Gasteiger partial charge in [-0.3, -0.25) is 0 Å². The predicted molar refractivity (Wildman–Crippen MR) is 71.7 cm³/mol. The maximum Gasteiger partial charge on any atom is 0.107 e. The minimum atomic E-state index is -0.173. The number of aliphatic hydroxyl groups is 1. The Labute approximate surface area is 103 Å². The van der Waals surface area contributed by atoms with Crippen LogP contribution in [0.4, 0.5) is 0 Å². The molecule has 0 saturated heterocycles. The molecule has 0 amide bonds. The fraction of sp³-hybridized carbons (Fsp3) is 1.00. The lowest BCUT2D eigenvalue weighted by Gasteiger charge is -2.16. The Morgan fingerprint density at radius 3 is 2.07 bits per heavy atom. The Balaban J connectivity index is 3.44. The van der Waals surface area contributed by atoms with Gasteiger partial charge in [0, 0.05) is 0 Å². The van der Waals surface area contributed by atoms with Crippen molar-refractivity contribution in [3.63, 3.8) is 0 Å². The first-order valence-corrected chi connectivity index (χ1v) is 7.00. The zero-order chi connectivity index (χ0) is 11.1. The van der Waals surface area contributed by atoms with Gasteiger partial charge in [-0.1, -0.05) is 63.1 Å². The molecular formula is C12H25IO. The van der Waals surface area contributed by atoms with Crippen molar-refractivity contribution in [1.29, 1.82) is 0 Å². The van der Waals surface area contributed by atoms with Gasteiger partial charge in [-0.15, -0.1) is 0 Å². The van der Waals surface area contributed by atoms with Gasteiger partial charge in [-0.2, -0.15) is 0 Å². The van der Waals surface area contributed by atoms with Gasteiger partial charge in [0.05, 0.1) is 0 Å². The highest BCUT2D eigenvalue weighted by molar-refractivity contribution is 14.1. The molecule has 0 bridgehead atoms. The molecule has 0 aliphatic carbocycles. The van der Waals surface area contributed by atoms with E-state index in [1.165, 1.54) is 19.3 Å². The van der Waals surface area contributed by atoms with Crippen LogP contribution < -0.4 is 0 Å². The molecule has 0 aromatic heterocycles. The molecule has 1 nitrogen and oxygen atoms in total. The van der Waals surface area contributed by atoms with Crippen LogP contribution in [0.5, 0.6) is 0 Å². The van der Waals surface area contributed by atoms with Crippen molar-refractivity contribution in [2.24, 2.45) is 17.8 Å². The van der Waals surface area contributed by atoms with E-state index in [9.17, 15) is 5.11 Å². The molecule has 0 aromatic carbocycles. The van der Waals surface area contributed by atoms with Gasteiger partial charge in [0.15, 0.2) is 0 Å². The third-order valence-electron chi connectivity index (χ3n) is 2.70. The third-order valence-corrected chi connectivity index (χ3v) is 3.93. The molecule has 0 spiro atoms. The maximum atomic E-state index is 9.32. The summed E-state index contributed by atoms with van der Waals surface area (Å²) in [5.74, 6) is 2.10. The smallest absolute Gasteiger partial charge is 0.107 e. The summed E-state index contributed by atoms with van der Waals surface area (Å²) >= 11 is 2.10. The van der Waals surface area contributed by atoms with E-state index >= 15 is 0 Å². The number of rotatable bonds is 7. The second kappa shape index (κ2) is 7.91. The third kappa shape index (κ3) is 8.04. The van der Waals surface area contributed by atoms with E-state index in [2.05, 4.69) is 50.3 Å².